The summed E-state index contributed by atoms with van der Waals surface area (Å²) >= 11 is 18.0. The first-order valence-electron chi connectivity index (χ1n) is 9.65. The number of likely N-dealkylation sites (N-methyl/N-ethyl adjacent to an activating group) is 1. The average Bonchev–Trinajstić information content (AvgIpc) is 2.70. The van der Waals surface area contributed by atoms with Crippen molar-refractivity contribution in [2.24, 2.45) is 0 Å². The van der Waals surface area contributed by atoms with E-state index in [2.05, 4.69) is 27.5 Å². The summed E-state index contributed by atoms with van der Waals surface area (Å²) in [7, 11) is 2.10. The van der Waals surface area contributed by atoms with Gasteiger partial charge in [0.25, 0.3) is 5.91 Å². The molecule has 0 aromatic heterocycles. The van der Waals surface area contributed by atoms with Gasteiger partial charge in [-0.3, -0.25) is 10.1 Å². The van der Waals surface area contributed by atoms with E-state index in [1.54, 1.807) is 18.2 Å². The third-order valence-corrected chi connectivity index (χ3v) is 5.58. The van der Waals surface area contributed by atoms with Crippen LogP contribution in [0.25, 0.3) is 0 Å². The summed E-state index contributed by atoms with van der Waals surface area (Å²) in [6, 6.07) is 10.5. The lowest BCUT2D eigenvalue weighted by Crippen LogP contribution is -2.45. The maximum absolute atomic E-state index is 12.6. The number of halogens is 2. The van der Waals surface area contributed by atoms with Gasteiger partial charge in [-0.15, -0.1) is 0 Å². The zero-order valence-electron chi connectivity index (χ0n) is 16.9. The van der Waals surface area contributed by atoms with Gasteiger partial charge in [-0.2, -0.15) is 0 Å². The zero-order chi connectivity index (χ0) is 21.7. The number of carbonyl (C=O) groups excluding carboxylic acids is 1. The molecule has 2 N–H and O–H groups in total. The molecule has 1 amide bonds. The SMILES string of the molecule is CCOc1ccc(C(=O)NC(=S)Nc2cccc(Cl)c2N2CCN(C)CC2)cc1Cl. The van der Waals surface area contributed by atoms with Crippen LogP contribution in [-0.4, -0.2) is 55.8 Å². The summed E-state index contributed by atoms with van der Waals surface area (Å²) in [5, 5.41) is 6.99. The zero-order valence-corrected chi connectivity index (χ0v) is 19.2. The largest absolute Gasteiger partial charge is 0.492 e. The number of hydrogen-bond acceptors (Lipinski definition) is 5. The van der Waals surface area contributed by atoms with E-state index < -0.39 is 0 Å². The Morgan fingerprint density at radius 3 is 2.53 bits per heavy atom. The number of benzene rings is 2. The third-order valence-electron chi connectivity index (χ3n) is 4.78. The number of ether oxygens (including phenoxy) is 1. The van der Waals surface area contributed by atoms with E-state index in [0.29, 0.717) is 28.0 Å². The second kappa shape index (κ2) is 10.3. The van der Waals surface area contributed by atoms with Crippen molar-refractivity contribution in [1.29, 1.82) is 0 Å². The first-order valence-corrected chi connectivity index (χ1v) is 10.8. The predicted molar refractivity (Wildman–Crippen MR) is 127 cm³/mol. The molecule has 30 heavy (non-hydrogen) atoms. The standard InChI is InChI=1S/C21H24Cl2N4O2S/c1-3-29-18-8-7-14(13-16(18)23)20(28)25-21(30)24-17-6-4-5-15(22)19(17)27-11-9-26(2)10-12-27/h4-8,13H,3,9-12H2,1-2H3,(H2,24,25,28,30). The molecule has 6 nitrogen and oxygen atoms in total. The molecule has 2 aromatic carbocycles. The normalized spacial score (nSPS) is 14.3. The fourth-order valence-corrected chi connectivity index (χ4v) is 3.94. The smallest absolute Gasteiger partial charge is 0.257 e. The van der Waals surface area contributed by atoms with Crippen LogP contribution in [0.4, 0.5) is 11.4 Å². The summed E-state index contributed by atoms with van der Waals surface area (Å²) in [6.45, 7) is 5.98. The first-order chi connectivity index (χ1) is 14.4. The number of nitrogens with one attached hydrogen (secondary N) is 2. The molecule has 0 aliphatic carbocycles. The van der Waals surface area contributed by atoms with Crippen molar-refractivity contribution in [2.75, 3.05) is 50.1 Å². The lowest BCUT2D eigenvalue weighted by Gasteiger charge is -2.35. The van der Waals surface area contributed by atoms with Gasteiger partial charge in [0.1, 0.15) is 5.75 Å². The van der Waals surface area contributed by atoms with Crippen LogP contribution in [0.2, 0.25) is 10.0 Å². The molecule has 1 fully saturated rings. The third kappa shape index (κ3) is 5.55. The van der Waals surface area contributed by atoms with Crippen LogP contribution in [0.3, 0.4) is 0 Å². The molecule has 1 aliphatic heterocycles. The van der Waals surface area contributed by atoms with Gasteiger partial charge in [0.15, 0.2) is 5.11 Å². The van der Waals surface area contributed by atoms with Gasteiger partial charge in [-0.25, -0.2) is 0 Å². The molecule has 3 rings (SSSR count). The fourth-order valence-electron chi connectivity index (χ4n) is 3.21. The fraction of sp³-hybridized carbons (Fsp3) is 0.333. The summed E-state index contributed by atoms with van der Waals surface area (Å²) in [4.78, 5) is 17.1. The predicted octanol–water partition coefficient (Wildman–Crippen LogP) is 4.27. The van der Waals surface area contributed by atoms with Gasteiger partial charge in [0.2, 0.25) is 0 Å². The molecular weight excluding hydrogens is 443 g/mol. The Morgan fingerprint density at radius 2 is 1.87 bits per heavy atom. The molecule has 1 aliphatic rings. The van der Waals surface area contributed by atoms with Crippen LogP contribution < -0.4 is 20.3 Å². The van der Waals surface area contributed by atoms with Gasteiger partial charge >= 0.3 is 0 Å². The monoisotopic (exact) mass is 466 g/mol. The van der Waals surface area contributed by atoms with Gasteiger partial charge in [-0.1, -0.05) is 29.3 Å². The van der Waals surface area contributed by atoms with Crippen LogP contribution in [0.1, 0.15) is 17.3 Å². The van der Waals surface area contributed by atoms with E-state index in [4.69, 9.17) is 40.2 Å². The molecule has 9 heteroatoms. The van der Waals surface area contributed by atoms with E-state index in [9.17, 15) is 4.79 Å². The number of para-hydroxylation sites is 1. The average molecular weight is 467 g/mol. The van der Waals surface area contributed by atoms with Crippen molar-refractivity contribution >= 4 is 57.8 Å². The highest BCUT2D eigenvalue weighted by Gasteiger charge is 2.20. The molecule has 0 saturated carbocycles. The molecule has 0 unspecified atom stereocenters. The molecule has 0 bridgehead atoms. The number of hydrogen-bond donors (Lipinski definition) is 2. The van der Waals surface area contributed by atoms with Gasteiger partial charge in [0, 0.05) is 31.7 Å². The van der Waals surface area contributed by atoms with Gasteiger partial charge in [0.05, 0.1) is 28.0 Å². The van der Waals surface area contributed by atoms with Crippen LogP contribution in [0, 0.1) is 0 Å². The second-order valence-electron chi connectivity index (χ2n) is 6.91. The van der Waals surface area contributed by atoms with Crippen LogP contribution in [0.15, 0.2) is 36.4 Å². The van der Waals surface area contributed by atoms with Gasteiger partial charge < -0.3 is 19.9 Å². The maximum atomic E-state index is 12.6. The van der Waals surface area contributed by atoms with E-state index in [-0.39, 0.29) is 11.0 Å². The number of amides is 1. The molecular formula is C21H24Cl2N4O2S. The van der Waals surface area contributed by atoms with E-state index in [0.717, 1.165) is 37.6 Å². The lowest BCUT2D eigenvalue weighted by molar-refractivity contribution is 0.0977. The topological polar surface area (TPSA) is 56.8 Å². The van der Waals surface area contributed by atoms with Crippen molar-refractivity contribution in [3.63, 3.8) is 0 Å². The number of thiocarbonyl (C=S) groups is 1. The number of anilines is 2. The Balaban J connectivity index is 1.70. The highest BCUT2D eigenvalue weighted by molar-refractivity contribution is 7.80. The number of nitrogens with zero attached hydrogens (tertiary/aromatic N) is 2. The van der Waals surface area contributed by atoms with Crippen molar-refractivity contribution in [3.8, 4) is 5.75 Å². The second-order valence-corrected chi connectivity index (χ2v) is 8.14. The quantitative estimate of drug-likeness (QED) is 0.641. The molecule has 1 saturated heterocycles. The Labute approximate surface area is 192 Å². The first kappa shape index (κ1) is 22.6. The lowest BCUT2D eigenvalue weighted by atomic mass is 10.2. The Morgan fingerprint density at radius 1 is 1.13 bits per heavy atom. The van der Waals surface area contributed by atoms with Crippen molar-refractivity contribution < 1.29 is 9.53 Å². The summed E-state index contributed by atoms with van der Waals surface area (Å²) in [6.07, 6.45) is 0. The molecule has 1 heterocycles. The number of rotatable bonds is 5. The number of carbonyl (C=O) groups is 1. The van der Waals surface area contributed by atoms with E-state index in [1.807, 2.05) is 25.1 Å². The molecule has 2 aromatic rings. The van der Waals surface area contributed by atoms with E-state index >= 15 is 0 Å². The maximum Gasteiger partial charge on any atom is 0.257 e. The Kier molecular flexibility index (Phi) is 7.77. The highest BCUT2D eigenvalue weighted by atomic mass is 35.5. The van der Waals surface area contributed by atoms with Crippen LogP contribution in [-0.2, 0) is 0 Å². The van der Waals surface area contributed by atoms with E-state index in [1.165, 1.54) is 0 Å². The minimum Gasteiger partial charge on any atom is -0.492 e. The molecule has 0 spiro atoms. The minimum atomic E-state index is -0.361. The van der Waals surface area contributed by atoms with Crippen molar-refractivity contribution in [1.82, 2.24) is 10.2 Å². The molecule has 0 radical (unpaired) electrons. The van der Waals surface area contributed by atoms with Crippen molar-refractivity contribution in [3.05, 3.63) is 52.0 Å². The number of piperazine rings is 1. The molecule has 160 valence electrons. The summed E-state index contributed by atoms with van der Waals surface area (Å²) < 4.78 is 5.40. The van der Waals surface area contributed by atoms with Gasteiger partial charge in [-0.05, 0) is 56.5 Å². The van der Waals surface area contributed by atoms with Crippen LogP contribution >= 0.6 is 35.4 Å². The Bertz CT molecular complexity index is 933. The summed E-state index contributed by atoms with van der Waals surface area (Å²) in [5.74, 6) is 0.174. The minimum absolute atomic E-state index is 0.183. The molecule has 0 atom stereocenters. The van der Waals surface area contributed by atoms with Crippen LogP contribution in [0.5, 0.6) is 5.75 Å². The van der Waals surface area contributed by atoms with Crippen molar-refractivity contribution in [2.45, 2.75) is 6.92 Å². The summed E-state index contributed by atoms with van der Waals surface area (Å²) in [5.41, 5.74) is 2.02. The Hall–Kier alpha value is -2.06. The highest BCUT2D eigenvalue weighted by Crippen LogP contribution is 2.34.